The van der Waals surface area contributed by atoms with Crippen LogP contribution in [-0.4, -0.2) is 23.0 Å². The summed E-state index contributed by atoms with van der Waals surface area (Å²) < 4.78 is 1.29. The van der Waals surface area contributed by atoms with Crippen molar-refractivity contribution >= 4 is 44.9 Å². The predicted molar refractivity (Wildman–Crippen MR) is 80.9 cm³/mol. The molecule has 5 heteroatoms. The summed E-state index contributed by atoms with van der Waals surface area (Å²) in [5.74, 6) is 0.665. The summed E-state index contributed by atoms with van der Waals surface area (Å²) in [6.45, 7) is 7.08. The van der Waals surface area contributed by atoms with Gasteiger partial charge in [0.05, 0.1) is 9.54 Å². The van der Waals surface area contributed by atoms with E-state index in [0.29, 0.717) is 5.75 Å². The lowest BCUT2D eigenvalue weighted by Crippen LogP contribution is -2.28. The summed E-state index contributed by atoms with van der Waals surface area (Å²) in [6, 6.07) is 4.13. The zero-order valence-corrected chi connectivity index (χ0v) is 13.6. The van der Waals surface area contributed by atoms with Crippen LogP contribution in [0.3, 0.4) is 0 Å². The number of amides is 1. The van der Waals surface area contributed by atoms with Crippen LogP contribution >= 0.6 is 39.0 Å². The SMILES string of the molecule is CC(C)(C)SCC(=O)NCCc1ccc(Br)s1. The van der Waals surface area contributed by atoms with E-state index in [9.17, 15) is 4.79 Å². The van der Waals surface area contributed by atoms with Crippen molar-refractivity contribution in [1.82, 2.24) is 5.32 Å². The fraction of sp³-hybridized carbons (Fsp3) is 0.583. The van der Waals surface area contributed by atoms with E-state index in [0.717, 1.165) is 16.8 Å². The van der Waals surface area contributed by atoms with Gasteiger partial charge in [-0.1, -0.05) is 20.8 Å². The molecule has 0 aliphatic rings. The molecule has 0 saturated heterocycles. The predicted octanol–water partition coefficient (Wildman–Crippen LogP) is 3.70. The minimum Gasteiger partial charge on any atom is -0.355 e. The van der Waals surface area contributed by atoms with Gasteiger partial charge in [-0.3, -0.25) is 4.79 Å². The summed E-state index contributed by atoms with van der Waals surface area (Å²) in [5.41, 5.74) is 0. The van der Waals surface area contributed by atoms with Gasteiger partial charge in [0.1, 0.15) is 0 Å². The standard InChI is InChI=1S/C12H18BrNOS2/c1-12(2,3)16-8-11(15)14-7-6-9-4-5-10(13)17-9/h4-5H,6-8H2,1-3H3,(H,14,15). The highest BCUT2D eigenvalue weighted by Crippen LogP contribution is 2.23. The molecular weight excluding hydrogens is 318 g/mol. The average Bonchev–Trinajstić information content (AvgIpc) is 2.60. The van der Waals surface area contributed by atoms with Crippen LogP contribution in [0.2, 0.25) is 0 Å². The number of rotatable bonds is 5. The van der Waals surface area contributed by atoms with Crippen molar-refractivity contribution in [3.05, 3.63) is 20.8 Å². The number of nitrogens with one attached hydrogen (secondary N) is 1. The molecule has 0 aliphatic carbocycles. The van der Waals surface area contributed by atoms with Crippen LogP contribution in [-0.2, 0) is 11.2 Å². The highest BCUT2D eigenvalue weighted by Gasteiger charge is 2.12. The Kier molecular flexibility index (Phi) is 6.03. The van der Waals surface area contributed by atoms with E-state index in [-0.39, 0.29) is 10.7 Å². The molecule has 1 aromatic heterocycles. The number of hydrogen-bond acceptors (Lipinski definition) is 3. The van der Waals surface area contributed by atoms with E-state index < -0.39 is 0 Å². The molecule has 0 atom stereocenters. The molecule has 0 spiro atoms. The molecule has 1 rings (SSSR count). The van der Waals surface area contributed by atoms with E-state index in [1.807, 2.05) is 6.07 Å². The number of carbonyl (C=O) groups excluding carboxylic acids is 1. The molecule has 0 unspecified atom stereocenters. The van der Waals surface area contributed by atoms with Gasteiger partial charge in [0, 0.05) is 16.2 Å². The van der Waals surface area contributed by atoms with Crippen LogP contribution in [0.1, 0.15) is 25.6 Å². The normalized spacial score (nSPS) is 11.5. The van der Waals surface area contributed by atoms with Gasteiger partial charge in [0.2, 0.25) is 5.91 Å². The first-order valence-electron chi connectivity index (χ1n) is 5.52. The summed E-state index contributed by atoms with van der Waals surface area (Å²) in [5, 5.41) is 2.94. The third kappa shape index (κ3) is 7.11. The zero-order valence-electron chi connectivity index (χ0n) is 10.4. The van der Waals surface area contributed by atoms with Crippen LogP contribution in [0, 0.1) is 0 Å². The molecule has 1 amide bonds. The summed E-state index contributed by atoms with van der Waals surface area (Å²) in [4.78, 5) is 12.8. The number of hydrogen-bond donors (Lipinski definition) is 1. The van der Waals surface area contributed by atoms with Crippen LogP contribution in [0.15, 0.2) is 15.9 Å². The molecule has 0 radical (unpaired) electrons. The summed E-state index contributed by atoms with van der Waals surface area (Å²) in [7, 11) is 0. The maximum absolute atomic E-state index is 11.5. The molecule has 0 aromatic carbocycles. The van der Waals surface area contributed by atoms with Gasteiger partial charge >= 0.3 is 0 Å². The quantitative estimate of drug-likeness (QED) is 0.888. The fourth-order valence-electron chi connectivity index (χ4n) is 1.14. The Morgan fingerprint density at radius 1 is 1.47 bits per heavy atom. The zero-order chi connectivity index (χ0) is 12.9. The van der Waals surface area contributed by atoms with Gasteiger partial charge in [-0.25, -0.2) is 0 Å². The third-order valence-electron chi connectivity index (χ3n) is 1.96. The summed E-state index contributed by atoms with van der Waals surface area (Å²) in [6.07, 6.45) is 0.905. The van der Waals surface area contributed by atoms with Crippen molar-refractivity contribution < 1.29 is 4.79 Å². The first kappa shape index (κ1) is 15.1. The first-order chi connectivity index (χ1) is 7.87. The van der Waals surface area contributed by atoms with Crippen molar-refractivity contribution in [2.75, 3.05) is 12.3 Å². The molecule has 0 aliphatic heterocycles. The van der Waals surface area contributed by atoms with Gasteiger partial charge in [0.15, 0.2) is 0 Å². The highest BCUT2D eigenvalue weighted by molar-refractivity contribution is 9.11. The molecule has 96 valence electrons. The Morgan fingerprint density at radius 2 is 2.18 bits per heavy atom. The van der Waals surface area contributed by atoms with Gasteiger partial charge in [-0.05, 0) is 34.5 Å². The largest absolute Gasteiger partial charge is 0.355 e. The van der Waals surface area contributed by atoms with E-state index in [1.54, 1.807) is 23.1 Å². The minimum absolute atomic E-state index is 0.126. The van der Waals surface area contributed by atoms with Gasteiger partial charge in [0.25, 0.3) is 0 Å². The minimum atomic E-state index is 0.126. The van der Waals surface area contributed by atoms with E-state index in [2.05, 4.69) is 48.1 Å². The van der Waals surface area contributed by atoms with Gasteiger partial charge < -0.3 is 5.32 Å². The molecule has 0 fully saturated rings. The van der Waals surface area contributed by atoms with Crippen LogP contribution in [0.25, 0.3) is 0 Å². The number of thiophene rings is 1. The lowest BCUT2D eigenvalue weighted by atomic mass is 10.3. The van der Waals surface area contributed by atoms with Crippen LogP contribution in [0.4, 0.5) is 0 Å². The molecule has 1 heterocycles. The molecule has 0 bridgehead atoms. The maximum atomic E-state index is 11.5. The molecule has 17 heavy (non-hydrogen) atoms. The Balaban J connectivity index is 2.16. The van der Waals surface area contributed by atoms with Gasteiger partial charge in [-0.15, -0.1) is 23.1 Å². The second-order valence-corrected chi connectivity index (χ2v) is 9.06. The number of carbonyl (C=O) groups is 1. The second-order valence-electron chi connectivity index (χ2n) is 4.71. The highest BCUT2D eigenvalue weighted by atomic mass is 79.9. The van der Waals surface area contributed by atoms with Crippen molar-refractivity contribution in [3.8, 4) is 0 Å². The monoisotopic (exact) mass is 335 g/mol. The Bertz CT molecular complexity index is 371. The smallest absolute Gasteiger partial charge is 0.230 e. The number of thioether (sulfide) groups is 1. The average molecular weight is 336 g/mol. The molecule has 1 aromatic rings. The first-order valence-corrected chi connectivity index (χ1v) is 8.11. The third-order valence-corrected chi connectivity index (χ3v) is 4.91. The van der Waals surface area contributed by atoms with Crippen LogP contribution < -0.4 is 5.32 Å². The molecular formula is C12H18BrNOS2. The Labute approximate surface area is 120 Å². The lowest BCUT2D eigenvalue weighted by Gasteiger charge is -2.16. The van der Waals surface area contributed by atoms with Crippen molar-refractivity contribution in [2.24, 2.45) is 0 Å². The van der Waals surface area contributed by atoms with Crippen molar-refractivity contribution in [3.63, 3.8) is 0 Å². The van der Waals surface area contributed by atoms with Crippen molar-refractivity contribution in [2.45, 2.75) is 31.9 Å². The Morgan fingerprint density at radius 3 is 2.71 bits per heavy atom. The van der Waals surface area contributed by atoms with E-state index >= 15 is 0 Å². The topological polar surface area (TPSA) is 29.1 Å². The molecule has 0 saturated carbocycles. The van der Waals surface area contributed by atoms with E-state index in [4.69, 9.17) is 0 Å². The maximum Gasteiger partial charge on any atom is 0.230 e. The number of halogens is 1. The molecule has 1 N–H and O–H groups in total. The molecule has 2 nitrogen and oxygen atoms in total. The second kappa shape index (κ2) is 6.81. The van der Waals surface area contributed by atoms with E-state index in [1.165, 1.54) is 4.88 Å². The summed E-state index contributed by atoms with van der Waals surface area (Å²) >= 11 is 6.82. The Hall–Kier alpha value is -0.0000000000000000833. The fourth-order valence-corrected chi connectivity index (χ4v) is 3.29. The van der Waals surface area contributed by atoms with Crippen molar-refractivity contribution in [1.29, 1.82) is 0 Å². The van der Waals surface area contributed by atoms with Gasteiger partial charge in [-0.2, -0.15) is 0 Å². The lowest BCUT2D eigenvalue weighted by molar-refractivity contribution is -0.118. The van der Waals surface area contributed by atoms with Crippen LogP contribution in [0.5, 0.6) is 0 Å².